The van der Waals surface area contributed by atoms with Crippen molar-refractivity contribution in [1.82, 2.24) is 4.90 Å². The molecule has 2 heteroatoms. The van der Waals surface area contributed by atoms with Crippen molar-refractivity contribution in [1.29, 1.82) is 0 Å². The summed E-state index contributed by atoms with van der Waals surface area (Å²) in [4.78, 5) is 2.54. The van der Waals surface area contributed by atoms with Gasteiger partial charge in [-0.1, -0.05) is 12.1 Å². The van der Waals surface area contributed by atoms with Gasteiger partial charge in [0.05, 0.1) is 0 Å². The highest BCUT2D eigenvalue weighted by molar-refractivity contribution is 5.40. The van der Waals surface area contributed by atoms with Gasteiger partial charge in [-0.05, 0) is 50.4 Å². The SMILES string of the molecule is CC(C)N1CC[C@@H](c2ccc(N)cc2)C1. The second-order valence-corrected chi connectivity index (χ2v) is 4.74. The molecule has 0 aliphatic carbocycles. The monoisotopic (exact) mass is 204 g/mol. The Labute approximate surface area is 92.1 Å². The quantitative estimate of drug-likeness (QED) is 0.750. The van der Waals surface area contributed by atoms with Crippen LogP contribution in [0.15, 0.2) is 24.3 Å². The van der Waals surface area contributed by atoms with Crippen molar-refractivity contribution in [2.75, 3.05) is 18.8 Å². The number of likely N-dealkylation sites (tertiary alicyclic amines) is 1. The molecule has 2 rings (SSSR count). The molecule has 1 aliphatic heterocycles. The summed E-state index contributed by atoms with van der Waals surface area (Å²) in [6.45, 7) is 6.96. The Kier molecular flexibility index (Phi) is 2.96. The van der Waals surface area contributed by atoms with Crippen molar-refractivity contribution >= 4 is 5.69 Å². The highest BCUT2D eigenvalue weighted by Crippen LogP contribution is 2.28. The van der Waals surface area contributed by atoms with E-state index in [1.54, 1.807) is 0 Å². The Balaban J connectivity index is 2.04. The number of benzene rings is 1. The van der Waals surface area contributed by atoms with E-state index in [9.17, 15) is 0 Å². The first kappa shape index (κ1) is 10.5. The highest BCUT2D eigenvalue weighted by Gasteiger charge is 2.24. The molecule has 82 valence electrons. The minimum Gasteiger partial charge on any atom is -0.399 e. The predicted molar refractivity (Wildman–Crippen MR) is 64.9 cm³/mol. The first-order valence-corrected chi connectivity index (χ1v) is 5.76. The Hall–Kier alpha value is -1.02. The lowest BCUT2D eigenvalue weighted by molar-refractivity contribution is 0.272. The van der Waals surface area contributed by atoms with Crippen LogP contribution in [0.2, 0.25) is 0 Å². The zero-order valence-electron chi connectivity index (χ0n) is 9.61. The molecule has 0 radical (unpaired) electrons. The molecular weight excluding hydrogens is 184 g/mol. The average Bonchev–Trinajstić information content (AvgIpc) is 2.68. The molecule has 0 spiro atoms. The molecular formula is C13H20N2. The van der Waals surface area contributed by atoms with Gasteiger partial charge in [0.1, 0.15) is 0 Å². The molecule has 1 fully saturated rings. The Morgan fingerprint density at radius 2 is 1.93 bits per heavy atom. The summed E-state index contributed by atoms with van der Waals surface area (Å²) in [5.74, 6) is 0.702. The molecule has 2 N–H and O–H groups in total. The van der Waals surface area contributed by atoms with E-state index in [2.05, 4.69) is 30.9 Å². The largest absolute Gasteiger partial charge is 0.399 e. The normalized spacial score (nSPS) is 22.5. The number of hydrogen-bond acceptors (Lipinski definition) is 2. The number of anilines is 1. The summed E-state index contributed by atoms with van der Waals surface area (Å²) >= 11 is 0. The van der Waals surface area contributed by atoms with Crippen LogP contribution in [0.5, 0.6) is 0 Å². The van der Waals surface area contributed by atoms with Gasteiger partial charge in [0.25, 0.3) is 0 Å². The van der Waals surface area contributed by atoms with E-state index in [0.717, 1.165) is 5.69 Å². The number of rotatable bonds is 2. The van der Waals surface area contributed by atoms with Gasteiger partial charge in [0, 0.05) is 18.3 Å². The van der Waals surface area contributed by atoms with Crippen LogP contribution in [0.25, 0.3) is 0 Å². The second kappa shape index (κ2) is 4.23. The van der Waals surface area contributed by atoms with Gasteiger partial charge in [0.2, 0.25) is 0 Å². The maximum atomic E-state index is 5.69. The Morgan fingerprint density at radius 1 is 1.27 bits per heavy atom. The van der Waals surface area contributed by atoms with Crippen LogP contribution in [-0.2, 0) is 0 Å². The van der Waals surface area contributed by atoms with E-state index in [1.807, 2.05) is 12.1 Å². The maximum Gasteiger partial charge on any atom is 0.0314 e. The van der Waals surface area contributed by atoms with Crippen LogP contribution in [-0.4, -0.2) is 24.0 Å². The lowest BCUT2D eigenvalue weighted by atomic mass is 9.98. The van der Waals surface area contributed by atoms with Crippen LogP contribution < -0.4 is 5.73 Å². The third-order valence-electron chi connectivity index (χ3n) is 3.36. The number of hydrogen-bond donors (Lipinski definition) is 1. The Morgan fingerprint density at radius 3 is 2.47 bits per heavy atom. The molecule has 15 heavy (non-hydrogen) atoms. The second-order valence-electron chi connectivity index (χ2n) is 4.74. The Bertz CT molecular complexity index is 316. The third-order valence-corrected chi connectivity index (χ3v) is 3.36. The maximum absolute atomic E-state index is 5.69. The van der Waals surface area contributed by atoms with Crippen molar-refractivity contribution in [2.45, 2.75) is 32.2 Å². The van der Waals surface area contributed by atoms with Crippen LogP contribution in [0, 0.1) is 0 Å². The molecule has 1 aromatic rings. The van der Waals surface area contributed by atoms with Gasteiger partial charge in [-0.2, -0.15) is 0 Å². The van der Waals surface area contributed by atoms with Crippen molar-refractivity contribution in [2.24, 2.45) is 0 Å². The summed E-state index contributed by atoms with van der Waals surface area (Å²) in [6, 6.07) is 9.03. The van der Waals surface area contributed by atoms with E-state index in [1.165, 1.54) is 25.1 Å². The molecule has 0 saturated carbocycles. The summed E-state index contributed by atoms with van der Waals surface area (Å²) in [7, 11) is 0. The standard InChI is InChI=1S/C13H20N2/c1-10(2)15-8-7-12(9-15)11-3-5-13(14)6-4-11/h3-6,10,12H,7-9,14H2,1-2H3/t12-/m1/s1. The van der Waals surface area contributed by atoms with E-state index in [4.69, 9.17) is 5.73 Å². The average molecular weight is 204 g/mol. The molecule has 0 bridgehead atoms. The fourth-order valence-corrected chi connectivity index (χ4v) is 2.30. The minimum absolute atomic E-state index is 0.670. The van der Waals surface area contributed by atoms with Gasteiger partial charge in [-0.25, -0.2) is 0 Å². The smallest absolute Gasteiger partial charge is 0.0314 e. The van der Waals surface area contributed by atoms with Gasteiger partial charge in [-0.15, -0.1) is 0 Å². The lowest BCUT2D eigenvalue weighted by Crippen LogP contribution is -2.27. The van der Waals surface area contributed by atoms with Crippen molar-refractivity contribution in [3.63, 3.8) is 0 Å². The lowest BCUT2D eigenvalue weighted by Gasteiger charge is -2.20. The number of nitrogens with two attached hydrogens (primary N) is 1. The summed E-state index contributed by atoms with van der Waals surface area (Å²) in [5.41, 5.74) is 7.99. The summed E-state index contributed by atoms with van der Waals surface area (Å²) < 4.78 is 0. The van der Waals surface area contributed by atoms with E-state index in [-0.39, 0.29) is 0 Å². The van der Waals surface area contributed by atoms with Gasteiger partial charge < -0.3 is 10.6 Å². The number of nitrogens with zero attached hydrogens (tertiary/aromatic N) is 1. The molecule has 0 unspecified atom stereocenters. The van der Waals surface area contributed by atoms with Crippen LogP contribution in [0.4, 0.5) is 5.69 Å². The van der Waals surface area contributed by atoms with Crippen molar-refractivity contribution < 1.29 is 0 Å². The summed E-state index contributed by atoms with van der Waals surface area (Å²) in [5, 5.41) is 0. The fraction of sp³-hybridized carbons (Fsp3) is 0.538. The van der Waals surface area contributed by atoms with Crippen LogP contribution in [0.3, 0.4) is 0 Å². The van der Waals surface area contributed by atoms with Gasteiger partial charge in [0.15, 0.2) is 0 Å². The zero-order valence-corrected chi connectivity index (χ0v) is 9.61. The molecule has 1 atom stereocenters. The van der Waals surface area contributed by atoms with Crippen LogP contribution >= 0.6 is 0 Å². The molecule has 0 amide bonds. The topological polar surface area (TPSA) is 29.3 Å². The molecule has 1 saturated heterocycles. The molecule has 0 aromatic heterocycles. The van der Waals surface area contributed by atoms with Gasteiger partial charge in [-0.3, -0.25) is 0 Å². The summed E-state index contributed by atoms with van der Waals surface area (Å²) in [6.07, 6.45) is 1.28. The van der Waals surface area contributed by atoms with Crippen molar-refractivity contribution in [3.05, 3.63) is 29.8 Å². The molecule has 1 aromatic carbocycles. The van der Waals surface area contributed by atoms with Gasteiger partial charge >= 0.3 is 0 Å². The zero-order chi connectivity index (χ0) is 10.8. The van der Waals surface area contributed by atoms with Crippen molar-refractivity contribution in [3.8, 4) is 0 Å². The number of nitrogen functional groups attached to an aromatic ring is 1. The van der Waals surface area contributed by atoms with Crippen LogP contribution in [0.1, 0.15) is 31.7 Å². The molecule has 2 nitrogen and oxygen atoms in total. The first-order chi connectivity index (χ1) is 7.16. The van der Waals surface area contributed by atoms with E-state index in [0.29, 0.717) is 12.0 Å². The van der Waals surface area contributed by atoms with E-state index >= 15 is 0 Å². The fourth-order valence-electron chi connectivity index (χ4n) is 2.30. The van der Waals surface area contributed by atoms with E-state index < -0.39 is 0 Å². The highest BCUT2D eigenvalue weighted by atomic mass is 15.2. The minimum atomic E-state index is 0.670. The molecule has 1 aliphatic rings. The molecule has 1 heterocycles. The third kappa shape index (κ3) is 2.32. The predicted octanol–water partition coefficient (Wildman–Crippen LogP) is 2.47. The first-order valence-electron chi connectivity index (χ1n) is 5.76.